The van der Waals surface area contributed by atoms with Crippen molar-refractivity contribution in [3.05, 3.63) is 59.0 Å². The predicted octanol–water partition coefficient (Wildman–Crippen LogP) is 4.20. The van der Waals surface area contributed by atoms with E-state index in [1.165, 1.54) is 24.3 Å². The maximum atomic E-state index is 11.6. The average molecular weight is 301 g/mol. The summed E-state index contributed by atoms with van der Waals surface area (Å²) in [7, 11) is 0. The van der Waals surface area contributed by atoms with Crippen LogP contribution in [0.4, 0.5) is 10.5 Å². The molecule has 0 aliphatic carbocycles. The SMILES string of the molecule is CCOc1ccc(COC(=O)Oc2ccc(N=O)cc2)cc1. The predicted molar refractivity (Wildman–Crippen MR) is 80.3 cm³/mol. The minimum Gasteiger partial charge on any atom is -0.494 e. The van der Waals surface area contributed by atoms with Crippen LogP contribution in [-0.2, 0) is 11.3 Å². The van der Waals surface area contributed by atoms with Gasteiger partial charge in [0, 0.05) is 0 Å². The summed E-state index contributed by atoms with van der Waals surface area (Å²) in [6, 6.07) is 13.1. The molecule has 0 heterocycles. The molecule has 0 bridgehead atoms. The molecule has 0 N–H and O–H groups in total. The first-order valence-corrected chi connectivity index (χ1v) is 6.71. The van der Waals surface area contributed by atoms with E-state index in [0.717, 1.165) is 11.3 Å². The van der Waals surface area contributed by atoms with Crippen LogP contribution in [0.15, 0.2) is 53.7 Å². The lowest BCUT2D eigenvalue weighted by molar-refractivity contribution is 0.0928. The third kappa shape index (κ3) is 4.59. The highest BCUT2D eigenvalue weighted by Crippen LogP contribution is 2.18. The average Bonchev–Trinajstić information content (AvgIpc) is 2.55. The molecule has 0 aliphatic heterocycles. The Hall–Kier alpha value is -2.89. The van der Waals surface area contributed by atoms with Crippen molar-refractivity contribution in [2.75, 3.05) is 6.61 Å². The van der Waals surface area contributed by atoms with Crippen LogP contribution in [0.2, 0.25) is 0 Å². The Kier molecular flexibility index (Phi) is 5.48. The van der Waals surface area contributed by atoms with Gasteiger partial charge in [-0.15, -0.1) is 4.91 Å². The molecule has 2 aromatic rings. The Morgan fingerprint density at radius 3 is 2.23 bits per heavy atom. The molecule has 2 rings (SSSR count). The summed E-state index contributed by atoms with van der Waals surface area (Å²) < 4.78 is 15.3. The Morgan fingerprint density at radius 2 is 1.64 bits per heavy atom. The minimum absolute atomic E-state index is 0.0964. The van der Waals surface area contributed by atoms with Crippen molar-refractivity contribution < 1.29 is 19.0 Å². The second kappa shape index (κ2) is 7.78. The van der Waals surface area contributed by atoms with Crippen molar-refractivity contribution in [1.82, 2.24) is 0 Å². The van der Waals surface area contributed by atoms with Crippen LogP contribution in [0.5, 0.6) is 11.5 Å². The molecule has 0 spiro atoms. The Balaban J connectivity index is 1.82. The lowest BCUT2D eigenvalue weighted by Crippen LogP contribution is -2.10. The van der Waals surface area contributed by atoms with Gasteiger partial charge in [0.05, 0.1) is 6.61 Å². The van der Waals surface area contributed by atoms with E-state index in [9.17, 15) is 9.70 Å². The van der Waals surface area contributed by atoms with Crippen LogP contribution in [-0.4, -0.2) is 12.8 Å². The van der Waals surface area contributed by atoms with Gasteiger partial charge in [0.2, 0.25) is 0 Å². The number of carbonyl (C=O) groups excluding carboxylic acids is 1. The van der Waals surface area contributed by atoms with E-state index in [2.05, 4.69) is 5.18 Å². The maximum Gasteiger partial charge on any atom is 0.514 e. The van der Waals surface area contributed by atoms with Crippen molar-refractivity contribution in [3.8, 4) is 11.5 Å². The third-order valence-corrected chi connectivity index (χ3v) is 2.73. The fraction of sp³-hybridized carbons (Fsp3) is 0.188. The van der Waals surface area contributed by atoms with Crippen molar-refractivity contribution in [1.29, 1.82) is 0 Å². The standard InChI is InChI=1S/C16H15NO5/c1-2-20-14-7-3-12(4-8-14)11-21-16(18)22-15-9-5-13(17-19)6-10-15/h3-10H,2,11H2,1H3. The van der Waals surface area contributed by atoms with Gasteiger partial charge in [-0.3, -0.25) is 0 Å². The first-order valence-electron chi connectivity index (χ1n) is 6.71. The van der Waals surface area contributed by atoms with Crippen molar-refractivity contribution >= 4 is 11.8 Å². The van der Waals surface area contributed by atoms with Gasteiger partial charge in [-0.05, 0) is 54.1 Å². The normalized spacial score (nSPS) is 9.86. The number of nitrogens with zero attached hydrogens (tertiary/aromatic N) is 1. The van der Waals surface area contributed by atoms with E-state index in [1.807, 2.05) is 19.1 Å². The van der Waals surface area contributed by atoms with Crippen LogP contribution in [0.25, 0.3) is 0 Å². The first kappa shape index (κ1) is 15.5. The van der Waals surface area contributed by atoms with Gasteiger partial charge in [0.1, 0.15) is 23.8 Å². The van der Waals surface area contributed by atoms with Crippen LogP contribution in [0, 0.1) is 4.91 Å². The van der Waals surface area contributed by atoms with Gasteiger partial charge in [-0.1, -0.05) is 12.1 Å². The molecule has 6 nitrogen and oxygen atoms in total. The van der Waals surface area contributed by atoms with E-state index >= 15 is 0 Å². The van der Waals surface area contributed by atoms with E-state index in [1.54, 1.807) is 12.1 Å². The lowest BCUT2D eigenvalue weighted by atomic mass is 10.2. The maximum absolute atomic E-state index is 11.6. The number of carbonyl (C=O) groups is 1. The smallest absolute Gasteiger partial charge is 0.494 e. The van der Waals surface area contributed by atoms with Crippen LogP contribution in [0.1, 0.15) is 12.5 Å². The van der Waals surface area contributed by atoms with Gasteiger partial charge in [-0.25, -0.2) is 4.79 Å². The molecule has 0 unspecified atom stereocenters. The number of hydrogen-bond acceptors (Lipinski definition) is 6. The van der Waals surface area contributed by atoms with Gasteiger partial charge in [-0.2, -0.15) is 0 Å². The summed E-state index contributed by atoms with van der Waals surface area (Å²) >= 11 is 0. The Bertz CT molecular complexity index is 622. The van der Waals surface area contributed by atoms with Gasteiger partial charge >= 0.3 is 6.16 Å². The van der Waals surface area contributed by atoms with Crippen LogP contribution in [0.3, 0.4) is 0 Å². The van der Waals surface area contributed by atoms with Crippen molar-refractivity contribution in [2.24, 2.45) is 5.18 Å². The molecule has 0 radical (unpaired) electrons. The summed E-state index contributed by atoms with van der Waals surface area (Å²) in [5, 5.41) is 2.76. The second-order valence-corrected chi connectivity index (χ2v) is 4.30. The monoisotopic (exact) mass is 301 g/mol. The highest BCUT2D eigenvalue weighted by Gasteiger charge is 2.07. The Labute approximate surface area is 127 Å². The van der Waals surface area contributed by atoms with E-state index in [0.29, 0.717) is 6.61 Å². The van der Waals surface area contributed by atoms with Gasteiger partial charge < -0.3 is 14.2 Å². The molecular formula is C16H15NO5. The summed E-state index contributed by atoms with van der Waals surface area (Å²) in [4.78, 5) is 21.8. The topological polar surface area (TPSA) is 74.2 Å². The lowest BCUT2D eigenvalue weighted by Gasteiger charge is -2.07. The zero-order valence-electron chi connectivity index (χ0n) is 12.0. The number of rotatable bonds is 6. The number of benzene rings is 2. The highest BCUT2D eigenvalue weighted by molar-refractivity contribution is 5.64. The Morgan fingerprint density at radius 1 is 1.00 bits per heavy atom. The molecule has 114 valence electrons. The van der Waals surface area contributed by atoms with Crippen molar-refractivity contribution in [2.45, 2.75) is 13.5 Å². The second-order valence-electron chi connectivity index (χ2n) is 4.30. The molecule has 0 aromatic heterocycles. The summed E-state index contributed by atoms with van der Waals surface area (Å²) in [5.41, 5.74) is 1.08. The zero-order valence-corrected chi connectivity index (χ0v) is 12.0. The number of hydrogen-bond donors (Lipinski definition) is 0. The fourth-order valence-corrected chi connectivity index (χ4v) is 1.69. The number of ether oxygens (including phenoxy) is 3. The molecule has 6 heteroatoms. The number of nitroso groups, excluding NO2 is 1. The van der Waals surface area contributed by atoms with Crippen LogP contribution >= 0.6 is 0 Å². The van der Waals surface area contributed by atoms with Crippen molar-refractivity contribution in [3.63, 3.8) is 0 Å². The molecule has 0 saturated heterocycles. The van der Waals surface area contributed by atoms with Crippen LogP contribution < -0.4 is 9.47 Å². The molecule has 22 heavy (non-hydrogen) atoms. The molecule has 0 saturated carbocycles. The van der Waals surface area contributed by atoms with E-state index < -0.39 is 6.16 Å². The minimum atomic E-state index is -0.819. The van der Waals surface area contributed by atoms with Gasteiger partial charge in [0.25, 0.3) is 0 Å². The fourth-order valence-electron chi connectivity index (χ4n) is 1.69. The third-order valence-electron chi connectivity index (χ3n) is 2.73. The molecule has 0 atom stereocenters. The summed E-state index contributed by atoms with van der Waals surface area (Å²) in [5.74, 6) is 1.04. The van der Waals surface area contributed by atoms with E-state index in [-0.39, 0.29) is 18.0 Å². The molecule has 0 amide bonds. The largest absolute Gasteiger partial charge is 0.514 e. The molecule has 2 aromatic carbocycles. The zero-order chi connectivity index (χ0) is 15.8. The highest BCUT2D eigenvalue weighted by atomic mass is 16.7. The molecule has 0 fully saturated rings. The quantitative estimate of drug-likeness (QED) is 0.454. The summed E-state index contributed by atoms with van der Waals surface area (Å²) in [6.07, 6.45) is -0.819. The van der Waals surface area contributed by atoms with Gasteiger partial charge in [0.15, 0.2) is 0 Å². The summed E-state index contributed by atoms with van der Waals surface area (Å²) in [6.45, 7) is 2.60. The van der Waals surface area contributed by atoms with E-state index in [4.69, 9.17) is 14.2 Å². The molecule has 0 aliphatic rings. The first-order chi connectivity index (χ1) is 10.7. The molecular weight excluding hydrogens is 286 g/mol.